The summed E-state index contributed by atoms with van der Waals surface area (Å²) in [6.45, 7) is 4.11. The summed E-state index contributed by atoms with van der Waals surface area (Å²) >= 11 is 0. The molecule has 0 bridgehead atoms. The molecule has 1 heterocycles. The molecular weight excluding hydrogens is 258 g/mol. The first-order valence-electron chi connectivity index (χ1n) is 7.09. The van der Waals surface area contributed by atoms with Crippen LogP contribution in [0.25, 0.3) is 11.3 Å². The monoisotopic (exact) mass is 277 g/mol. The molecule has 0 saturated carbocycles. The molecule has 1 atom stereocenters. The zero-order chi connectivity index (χ0) is 14.8. The SMILES string of the molecule is Cc1ccc(-c2nc(C(N)c3ccccc3)[nH]c2C)cc1. The number of hydrogen-bond donors (Lipinski definition) is 2. The molecule has 2 aromatic carbocycles. The van der Waals surface area contributed by atoms with Crippen molar-refractivity contribution in [3.63, 3.8) is 0 Å². The summed E-state index contributed by atoms with van der Waals surface area (Å²) in [5.74, 6) is 0.800. The molecule has 0 spiro atoms. The van der Waals surface area contributed by atoms with E-state index < -0.39 is 0 Å². The van der Waals surface area contributed by atoms with Gasteiger partial charge in [0.05, 0.1) is 11.7 Å². The Hall–Kier alpha value is -2.39. The minimum Gasteiger partial charge on any atom is -0.344 e. The molecule has 3 N–H and O–H groups in total. The van der Waals surface area contributed by atoms with Gasteiger partial charge in [0.2, 0.25) is 0 Å². The third-order valence-corrected chi connectivity index (χ3v) is 3.68. The van der Waals surface area contributed by atoms with E-state index in [2.05, 4.69) is 36.2 Å². The van der Waals surface area contributed by atoms with Gasteiger partial charge in [0.25, 0.3) is 0 Å². The number of aromatic nitrogens is 2. The molecular formula is C18H19N3. The van der Waals surface area contributed by atoms with E-state index in [-0.39, 0.29) is 6.04 Å². The van der Waals surface area contributed by atoms with Gasteiger partial charge in [-0.2, -0.15) is 0 Å². The minimum absolute atomic E-state index is 0.232. The molecule has 3 heteroatoms. The lowest BCUT2D eigenvalue weighted by atomic mass is 10.1. The minimum atomic E-state index is -0.232. The first-order valence-corrected chi connectivity index (χ1v) is 7.09. The molecule has 3 rings (SSSR count). The van der Waals surface area contributed by atoms with Crippen molar-refractivity contribution in [1.82, 2.24) is 9.97 Å². The van der Waals surface area contributed by atoms with E-state index in [1.165, 1.54) is 5.56 Å². The molecule has 0 aliphatic rings. The van der Waals surface area contributed by atoms with Crippen molar-refractivity contribution >= 4 is 0 Å². The number of nitrogens with one attached hydrogen (secondary N) is 1. The molecule has 1 unspecified atom stereocenters. The van der Waals surface area contributed by atoms with Gasteiger partial charge in [-0.15, -0.1) is 0 Å². The Morgan fingerprint density at radius 3 is 2.29 bits per heavy atom. The molecule has 0 fully saturated rings. The van der Waals surface area contributed by atoms with E-state index in [0.29, 0.717) is 0 Å². The van der Waals surface area contributed by atoms with Crippen molar-refractivity contribution < 1.29 is 0 Å². The van der Waals surface area contributed by atoms with Gasteiger partial charge in [0.15, 0.2) is 0 Å². The maximum absolute atomic E-state index is 6.31. The number of H-pyrrole nitrogens is 1. The molecule has 0 aliphatic carbocycles. The molecule has 0 aliphatic heterocycles. The molecule has 106 valence electrons. The van der Waals surface area contributed by atoms with E-state index in [1.807, 2.05) is 37.3 Å². The smallest absolute Gasteiger partial charge is 0.128 e. The number of aromatic amines is 1. The second kappa shape index (κ2) is 5.54. The van der Waals surface area contributed by atoms with E-state index >= 15 is 0 Å². The Labute approximate surface area is 124 Å². The van der Waals surface area contributed by atoms with Gasteiger partial charge in [-0.25, -0.2) is 4.98 Å². The molecule has 0 saturated heterocycles. The maximum Gasteiger partial charge on any atom is 0.128 e. The first-order chi connectivity index (χ1) is 10.1. The van der Waals surface area contributed by atoms with Crippen LogP contribution in [0.15, 0.2) is 54.6 Å². The molecule has 3 aromatic rings. The summed E-state index contributed by atoms with van der Waals surface area (Å²) in [7, 11) is 0. The number of hydrogen-bond acceptors (Lipinski definition) is 2. The van der Waals surface area contributed by atoms with Crippen LogP contribution in [0.1, 0.15) is 28.7 Å². The van der Waals surface area contributed by atoms with E-state index in [0.717, 1.165) is 28.3 Å². The number of rotatable bonds is 3. The summed E-state index contributed by atoms with van der Waals surface area (Å²) in [4.78, 5) is 8.03. The number of benzene rings is 2. The lowest BCUT2D eigenvalue weighted by molar-refractivity contribution is 0.799. The van der Waals surface area contributed by atoms with Crippen molar-refractivity contribution in [3.8, 4) is 11.3 Å². The second-order valence-electron chi connectivity index (χ2n) is 5.35. The van der Waals surface area contributed by atoms with Crippen LogP contribution < -0.4 is 5.73 Å². The van der Waals surface area contributed by atoms with Gasteiger partial charge < -0.3 is 10.7 Å². The first kappa shape index (κ1) is 13.6. The topological polar surface area (TPSA) is 54.7 Å². The Bertz CT molecular complexity index is 727. The molecule has 0 radical (unpaired) electrons. The number of aryl methyl sites for hydroxylation is 2. The summed E-state index contributed by atoms with van der Waals surface area (Å²) in [6.07, 6.45) is 0. The highest BCUT2D eigenvalue weighted by molar-refractivity contribution is 5.62. The van der Waals surface area contributed by atoms with Crippen LogP contribution in [0.3, 0.4) is 0 Å². The molecule has 3 nitrogen and oxygen atoms in total. The lowest BCUT2D eigenvalue weighted by Gasteiger charge is -2.08. The summed E-state index contributed by atoms with van der Waals surface area (Å²) < 4.78 is 0. The van der Waals surface area contributed by atoms with Crippen LogP contribution >= 0.6 is 0 Å². The van der Waals surface area contributed by atoms with Crippen molar-refractivity contribution in [2.75, 3.05) is 0 Å². The fourth-order valence-corrected chi connectivity index (χ4v) is 2.44. The predicted octanol–water partition coefficient (Wildman–Crippen LogP) is 3.74. The van der Waals surface area contributed by atoms with Crippen molar-refractivity contribution in [3.05, 3.63) is 77.2 Å². The van der Waals surface area contributed by atoms with Gasteiger partial charge in [0, 0.05) is 11.3 Å². The Balaban J connectivity index is 1.96. The van der Waals surface area contributed by atoms with Gasteiger partial charge in [0.1, 0.15) is 5.82 Å². The highest BCUT2D eigenvalue weighted by Gasteiger charge is 2.15. The van der Waals surface area contributed by atoms with Gasteiger partial charge in [-0.05, 0) is 19.4 Å². The maximum atomic E-state index is 6.31. The summed E-state index contributed by atoms with van der Waals surface area (Å²) in [5, 5.41) is 0. The Kier molecular flexibility index (Phi) is 3.59. The number of imidazole rings is 1. The molecule has 21 heavy (non-hydrogen) atoms. The lowest BCUT2D eigenvalue weighted by Crippen LogP contribution is -2.13. The normalized spacial score (nSPS) is 12.3. The third-order valence-electron chi connectivity index (χ3n) is 3.68. The zero-order valence-corrected chi connectivity index (χ0v) is 12.3. The van der Waals surface area contributed by atoms with Crippen molar-refractivity contribution in [1.29, 1.82) is 0 Å². The van der Waals surface area contributed by atoms with Crippen LogP contribution in [-0.4, -0.2) is 9.97 Å². The fourth-order valence-electron chi connectivity index (χ4n) is 2.44. The predicted molar refractivity (Wildman–Crippen MR) is 86.0 cm³/mol. The third kappa shape index (κ3) is 2.73. The van der Waals surface area contributed by atoms with Crippen molar-refractivity contribution in [2.45, 2.75) is 19.9 Å². The standard InChI is InChI=1S/C18H19N3/c1-12-8-10-15(11-9-12)17-13(2)20-18(21-17)16(19)14-6-4-3-5-7-14/h3-11,16H,19H2,1-2H3,(H,20,21). The molecule has 1 aromatic heterocycles. The van der Waals surface area contributed by atoms with Crippen LogP contribution in [0.5, 0.6) is 0 Å². The zero-order valence-electron chi connectivity index (χ0n) is 12.3. The van der Waals surface area contributed by atoms with Gasteiger partial charge in [-0.3, -0.25) is 0 Å². The number of nitrogens with two attached hydrogens (primary N) is 1. The fraction of sp³-hybridized carbons (Fsp3) is 0.167. The quantitative estimate of drug-likeness (QED) is 0.766. The van der Waals surface area contributed by atoms with Crippen LogP contribution in [0.2, 0.25) is 0 Å². The Morgan fingerprint density at radius 1 is 0.952 bits per heavy atom. The van der Waals surface area contributed by atoms with Gasteiger partial charge >= 0.3 is 0 Å². The number of nitrogens with zero attached hydrogens (tertiary/aromatic N) is 1. The highest BCUT2D eigenvalue weighted by Crippen LogP contribution is 2.25. The van der Waals surface area contributed by atoms with E-state index in [9.17, 15) is 0 Å². The van der Waals surface area contributed by atoms with E-state index in [4.69, 9.17) is 10.7 Å². The van der Waals surface area contributed by atoms with Crippen molar-refractivity contribution in [2.24, 2.45) is 5.73 Å². The highest BCUT2D eigenvalue weighted by atomic mass is 15.0. The van der Waals surface area contributed by atoms with Crippen LogP contribution in [0, 0.1) is 13.8 Å². The Morgan fingerprint density at radius 2 is 1.62 bits per heavy atom. The summed E-state index contributed by atoms with van der Waals surface area (Å²) in [5.41, 5.74) is 11.7. The van der Waals surface area contributed by atoms with Gasteiger partial charge in [-0.1, -0.05) is 60.2 Å². The average Bonchev–Trinajstić information content (AvgIpc) is 2.90. The average molecular weight is 277 g/mol. The van der Waals surface area contributed by atoms with Crippen LogP contribution in [0.4, 0.5) is 0 Å². The van der Waals surface area contributed by atoms with Crippen LogP contribution in [-0.2, 0) is 0 Å². The summed E-state index contributed by atoms with van der Waals surface area (Å²) in [6, 6.07) is 18.2. The molecule has 0 amide bonds. The van der Waals surface area contributed by atoms with E-state index in [1.54, 1.807) is 0 Å². The second-order valence-corrected chi connectivity index (χ2v) is 5.35. The largest absolute Gasteiger partial charge is 0.344 e.